The summed E-state index contributed by atoms with van der Waals surface area (Å²) in [6.07, 6.45) is 19.1. The van der Waals surface area contributed by atoms with Crippen molar-refractivity contribution in [3.05, 3.63) is 47.3 Å². The van der Waals surface area contributed by atoms with E-state index in [2.05, 4.69) is 32.1 Å². The Balaban J connectivity index is 1.40. The molecule has 0 amide bonds. The minimum atomic E-state index is 0.00882. The first-order valence-corrected chi connectivity index (χ1v) is 12.3. The van der Waals surface area contributed by atoms with Crippen LogP contribution in [0.15, 0.2) is 30.4 Å². The second-order valence-electron chi connectivity index (χ2n) is 9.41. The van der Waals surface area contributed by atoms with E-state index in [0.717, 1.165) is 30.9 Å². The van der Waals surface area contributed by atoms with Crippen molar-refractivity contribution in [1.29, 1.82) is 0 Å². The molecule has 0 saturated heterocycles. The van der Waals surface area contributed by atoms with Crippen LogP contribution < -0.4 is 0 Å². The number of halogens is 1. The van der Waals surface area contributed by atoms with Crippen molar-refractivity contribution in [2.75, 3.05) is 6.61 Å². The molecule has 1 saturated carbocycles. The van der Waals surface area contributed by atoms with Crippen LogP contribution in [-0.2, 0) is 11.2 Å². The smallest absolute Gasteiger partial charge is 0.126 e. The van der Waals surface area contributed by atoms with Gasteiger partial charge in [-0.3, -0.25) is 0 Å². The molecule has 2 aliphatic carbocycles. The van der Waals surface area contributed by atoms with Crippen LogP contribution in [-0.4, -0.2) is 12.7 Å². The zero-order valence-corrected chi connectivity index (χ0v) is 18.7. The van der Waals surface area contributed by atoms with E-state index in [1.807, 2.05) is 12.1 Å². The Kier molecular flexibility index (Phi) is 9.24. The Bertz CT molecular complexity index is 629. The molecule has 1 aromatic rings. The molecule has 0 spiro atoms. The highest BCUT2D eigenvalue weighted by Crippen LogP contribution is 2.37. The van der Waals surface area contributed by atoms with Gasteiger partial charge in [-0.1, -0.05) is 57.4 Å². The van der Waals surface area contributed by atoms with Gasteiger partial charge in [-0.25, -0.2) is 4.39 Å². The van der Waals surface area contributed by atoms with E-state index in [9.17, 15) is 4.39 Å². The average molecular weight is 401 g/mol. The van der Waals surface area contributed by atoms with Crippen LogP contribution in [0.3, 0.4) is 0 Å². The van der Waals surface area contributed by atoms with Crippen molar-refractivity contribution < 1.29 is 9.13 Å². The van der Waals surface area contributed by atoms with E-state index in [-0.39, 0.29) is 5.82 Å². The van der Waals surface area contributed by atoms with Crippen molar-refractivity contribution in [3.8, 4) is 0 Å². The average Bonchev–Trinajstić information content (AvgIpc) is 2.75. The summed E-state index contributed by atoms with van der Waals surface area (Å²) in [5.41, 5.74) is 2.10. The van der Waals surface area contributed by atoms with Gasteiger partial charge in [0.25, 0.3) is 0 Å². The molecule has 0 aliphatic heterocycles. The van der Waals surface area contributed by atoms with Crippen molar-refractivity contribution in [2.45, 2.75) is 103 Å². The van der Waals surface area contributed by atoms with Crippen LogP contribution in [0.5, 0.6) is 0 Å². The normalized spacial score (nSPS) is 27.3. The zero-order chi connectivity index (χ0) is 20.5. The molecular weight excluding hydrogens is 359 g/mol. The molecule has 2 aliphatic rings. The maximum atomic E-state index is 14.5. The Labute approximate surface area is 178 Å². The Morgan fingerprint density at radius 3 is 2.41 bits per heavy atom. The summed E-state index contributed by atoms with van der Waals surface area (Å²) >= 11 is 0. The van der Waals surface area contributed by atoms with Gasteiger partial charge in [0.05, 0.1) is 12.7 Å². The van der Waals surface area contributed by atoms with Gasteiger partial charge in [0.2, 0.25) is 0 Å². The number of unbranched alkanes of at least 4 members (excludes halogenated alkanes) is 2. The van der Waals surface area contributed by atoms with E-state index in [0.29, 0.717) is 17.9 Å². The first-order valence-electron chi connectivity index (χ1n) is 12.3. The lowest BCUT2D eigenvalue weighted by molar-refractivity contribution is 0.0347. The molecule has 1 aromatic carbocycles. The van der Waals surface area contributed by atoms with Crippen molar-refractivity contribution in [3.63, 3.8) is 0 Å². The molecule has 3 rings (SSSR count). The summed E-state index contributed by atoms with van der Waals surface area (Å²) < 4.78 is 20.7. The third-order valence-corrected chi connectivity index (χ3v) is 7.07. The highest BCUT2D eigenvalue weighted by Gasteiger charge is 2.24. The lowest BCUT2D eigenvalue weighted by Crippen LogP contribution is -2.23. The largest absolute Gasteiger partial charge is 0.374 e. The molecule has 0 bridgehead atoms. The fraction of sp³-hybridized carbons (Fsp3) is 0.704. The second-order valence-corrected chi connectivity index (χ2v) is 9.41. The molecule has 2 atom stereocenters. The summed E-state index contributed by atoms with van der Waals surface area (Å²) in [4.78, 5) is 0. The molecule has 1 fully saturated rings. The molecule has 0 heterocycles. The van der Waals surface area contributed by atoms with Gasteiger partial charge >= 0.3 is 0 Å². The number of benzene rings is 1. The highest BCUT2D eigenvalue weighted by molar-refractivity contribution is 5.27. The number of allylic oxidation sites excluding steroid dienone is 1. The third-order valence-electron chi connectivity index (χ3n) is 7.07. The minimum absolute atomic E-state index is 0.00882. The maximum absolute atomic E-state index is 14.5. The van der Waals surface area contributed by atoms with Gasteiger partial charge in [-0.2, -0.15) is 0 Å². The van der Waals surface area contributed by atoms with Crippen molar-refractivity contribution in [2.24, 2.45) is 11.8 Å². The van der Waals surface area contributed by atoms with Gasteiger partial charge in [-0.05, 0) is 92.7 Å². The second kappa shape index (κ2) is 11.9. The first-order chi connectivity index (χ1) is 14.2. The van der Waals surface area contributed by atoms with Crippen molar-refractivity contribution in [1.82, 2.24) is 0 Å². The predicted octanol–water partition coefficient (Wildman–Crippen LogP) is 7.98. The van der Waals surface area contributed by atoms with Gasteiger partial charge in [0.1, 0.15) is 5.82 Å². The van der Waals surface area contributed by atoms with Gasteiger partial charge in [0.15, 0.2) is 0 Å². The minimum Gasteiger partial charge on any atom is -0.374 e. The van der Waals surface area contributed by atoms with Crippen LogP contribution in [0.1, 0.15) is 102 Å². The van der Waals surface area contributed by atoms with E-state index >= 15 is 0 Å². The van der Waals surface area contributed by atoms with Gasteiger partial charge in [-0.15, -0.1) is 0 Å². The number of ether oxygens (including phenoxy) is 1. The van der Waals surface area contributed by atoms with Crippen LogP contribution in [0.4, 0.5) is 4.39 Å². The zero-order valence-electron chi connectivity index (χ0n) is 18.7. The van der Waals surface area contributed by atoms with E-state index in [1.54, 1.807) is 0 Å². The Morgan fingerprint density at radius 1 is 0.931 bits per heavy atom. The van der Waals surface area contributed by atoms with E-state index in [4.69, 9.17) is 4.74 Å². The molecule has 0 radical (unpaired) electrons. The monoisotopic (exact) mass is 400 g/mol. The topological polar surface area (TPSA) is 9.23 Å². The number of aryl methyl sites for hydroxylation is 1. The molecule has 0 N–H and O–H groups in total. The summed E-state index contributed by atoms with van der Waals surface area (Å²) in [7, 11) is 0. The van der Waals surface area contributed by atoms with Crippen LogP contribution >= 0.6 is 0 Å². The first kappa shape index (κ1) is 22.5. The van der Waals surface area contributed by atoms with Crippen LogP contribution in [0.25, 0.3) is 0 Å². The molecule has 29 heavy (non-hydrogen) atoms. The number of hydrogen-bond acceptors (Lipinski definition) is 1. The lowest BCUT2D eigenvalue weighted by atomic mass is 9.78. The lowest BCUT2D eigenvalue weighted by Gasteiger charge is -2.30. The van der Waals surface area contributed by atoms with Gasteiger partial charge in [0, 0.05) is 0 Å². The number of rotatable bonds is 10. The standard InChI is InChI=1S/C27H41FO/c1-3-5-6-8-24-15-16-25(19-27(24)28)23-13-9-22(10-14-23)20-29-26-17-11-21(7-4-2)12-18-26/h11,15-17,19,21-23,26H,3-10,12-14,18,20H2,1-2H3. The Hall–Kier alpha value is -1.15. The molecule has 2 unspecified atom stereocenters. The summed E-state index contributed by atoms with van der Waals surface area (Å²) in [5, 5.41) is 0. The molecular formula is C27H41FO. The van der Waals surface area contributed by atoms with E-state index < -0.39 is 0 Å². The summed E-state index contributed by atoms with van der Waals surface area (Å²) in [6, 6.07) is 6.05. The maximum Gasteiger partial charge on any atom is 0.126 e. The summed E-state index contributed by atoms with van der Waals surface area (Å²) in [6.45, 7) is 5.35. The predicted molar refractivity (Wildman–Crippen MR) is 121 cm³/mol. The SMILES string of the molecule is CCCCCc1ccc(C2CCC(COC3C=CC(CCC)CC3)CC2)cc1F. The quantitative estimate of drug-likeness (QED) is 0.286. The highest BCUT2D eigenvalue weighted by atomic mass is 19.1. The molecule has 162 valence electrons. The fourth-order valence-electron chi connectivity index (χ4n) is 5.11. The van der Waals surface area contributed by atoms with Crippen LogP contribution in [0, 0.1) is 17.7 Å². The molecule has 0 aromatic heterocycles. The Morgan fingerprint density at radius 2 is 1.76 bits per heavy atom. The van der Waals surface area contributed by atoms with Crippen LogP contribution in [0.2, 0.25) is 0 Å². The number of hydrogen-bond donors (Lipinski definition) is 0. The third kappa shape index (κ3) is 6.95. The fourth-order valence-corrected chi connectivity index (χ4v) is 5.11. The summed E-state index contributed by atoms with van der Waals surface area (Å²) in [5.74, 6) is 1.98. The van der Waals surface area contributed by atoms with E-state index in [1.165, 1.54) is 69.8 Å². The van der Waals surface area contributed by atoms with Gasteiger partial charge < -0.3 is 4.74 Å². The molecule has 2 heteroatoms. The van der Waals surface area contributed by atoms with Crippen molar-refractivity contribution >= 4 is 0 Å². The molecule has 1 nitrogen and oxygen atoms in total.